The summed E-state index contributed by atoms with van der Waals surface area (Å²) in [6.45, 7) is 0. The molecule has 0 radical (unpaired) electrons. The number of aromatic amines is 1. The molecular weight excluding hydrogens is 164 g/mol. The van der Waals surface area contributed by atoms with Crippen LogP contribution in [0.15, 0.2) is 30.6 Å². The third-order valence-corrected chi connectivity index (χ3v) is 2.11. The van der Waals surface area contributed by atoms with Gasteiger partial charge in [-0.3, -0.25) is 5.10 Å². The van der Waals surface area contributed by atoms with Crippen LogP contribution in [-0.2, 0) is 0 Å². The minimum Gasteiger partial charge on any atom is -0.277 e. The average molecular weight is 170 g/mol. The lowest BCUT2D eigenvalue weighted by atomic mass is 10.2. The summed E-state index contributed by atoms with van der Waals surface area (Å²) in [5, 5.41) is 16.9. The number of H-pyrrole nitrogens is 1. The van der Waals surface area contributed by atoms with Gasteiger partial charge in [0.1, 0.15) is 0 Å². The Balaban J connectivity index is 2.65. The average Bonchev–Trinajstić information content (AvgIpc) is 2.65. The molecule has 1 N–H and O–H groups in total. The third-order valence-electron chi connectivity index (χ3n) is 2.11. The van der Waals surface area contributed by atoms with Gasteiger partial charge in [0.2, 0.25) is 0 Å². The largest absolute Gasteiger partial charge is 0.277 e. The van der Waals surface area contributed by atoms with Crippen molar-refractivity contribution in [3.8, 4) is 0 Å². The Morgan fingerprint density at radius 3 is 3.15 bits per heavy atom. The molecule has 0 saturated heterocycles. The minimum atomic E-state index is 0.888. The van der Waals surface area contributed by atoms with Crippen molar-refractivity contribution in [3.63, 3.8) is 0 Å². The molecule has 0 fully saturated rings. The first-order valence-corrected chi connectivity index (χ1v) is 3.98. The fraction of sp³-hybridized carbons (Fsp3) is 0. The van der Waals surface area contributed by atoms with Crippen molar-refractivity contribution >= 4 is 21.8 Å². The van der Waals surface area contributed by atoms with Gasteiger partial charge in [0.05, 0.1) is 23.4 Å². The Kier molecular flexibility index (Phi) is 1.14. The van der Waals surface area contributed by atoms with Crippen molar-refractivity contribution in [2.75, 3.05) is 0 Å². The number of nitrogens with one attached hydrogen (secondary N) is 1. The maximum atomic E-state index is 4.01. The molecule has 0 aliphatic heterocycles. The van der Waals surface area contributed by atoms with Crippen molar-refractivity contribution in [1.29, 1.82) is 0 Å². The molecule has 0 aliphatic carbocycles. The Bertz CT molecular complexity index is 570. The molecule has 0 spiro atoms. The van der Waals surface area contributed by atoms with Gasteiger partial charge < -0.3 is 0 Å². The topological polar surface area (TPSA) is 54.5 Å². The molecule has 13 heavy (non-hydrogen) atoms. The molecule has 0 atom stereocenters. The predicted octanol–water partition coefficient (Wildman–Crippen LogP) is 1.51. The molecule has 3 rings (SSSR count). The summed E-state index contributed by atoms with van der Waals surface area (Å²) in [5.41, 5.74) is 1.91. The number of fused-ring (bicyclic) bond motifs is 3. The Morgan fingerprint density at radius 2 is 2.15 bits per heavy atom. The highest BCUT2D eigenvalue weighted by molar-refractivity contribution is 6.02. The van der Waals surface area contributed by atoms with E-state index in [-0.39, 0.29) is 0 Å². The number of benzene rings is 1. The van der Waals surface area contributed by atoms with Crippen LogP contribution in [0.3, 0.4) is 0 Å². The van der Waals surface area contributed by atoms with Crippen LogP contribution in [0, 0.1) is 0 Å². The lowest BCUT2D eigenvalue weighted by Crippen LogP contribution is -1.82. The van der Waals surface area contributed by atoms with Gasteiger partial charge in [-0.1, -0.05) is 0 Å². The molecule has 0 unspecified atom stereocenters. The highest BCUT2D eigenvalue weighted by Gasteiger charge is 2.01. The highest BCUT2D eigenvalue weighted by atomic mass is 15.1. The summed E-state index contributed by atoms with van der Waals surface area (Å²) in [6, 6.07) is 5.86. The zero-order chi connectivity index (χ0) is 8.67. The number of hydrogen-bond acceptors (Lipinski definition) is 3. The second kappa shape index (κ2) is 2.26. The van der Waals surface area contributed by atoms with Crippen LogP contribution in [0.5, 0.6) is 0 Å². The summed E-state index contributed by atoms with van der Waals surface area (Å²) in [4.78, 5) is 0. The fourth-order valence-electron chi connectivity index (χ4n) is 1.48. The van der Waals surface area contributed by atoms with Crippen molar-refractivity contribution in [2.45, 2.75) is 0 Å². The normalized spacial score (nSPS) is 11.1. The van der Waals surface area contributed by atoms with Gasteiger partial charge in [-0.25, -0.2) is 0 Å². The van der Waals surface area contributed by atoms with Crippen LogP contribution >= 0.6 is 0 Å². The molecule has 4 heteroatoms. The maximum absolute atomic E-state index is 4.01. The smallest absolute Gasteiger partial charge is 0.0951 e. The number of nitrogens with zero attached hydrogens (tertiary/aromatic N) is 3. The molecule has 0 saturated carbocycles. The highest BCUT2D eigenvalue weighted by Crippen LogP contribution is 2.20. The molecule has 1 aromatic carbocycles. The molecule has 0 aliphatic rings. The predicted molar refractivity (Wildman–Crippen MR) is 49.2 cm³/mol. The fourth-order valence-corrected chi connectivity index (χ4v) is 1.48. The molecule has 3 aromatic rings. The van der Waals surface area contributed by atoms with Crippen LogP contribution in [0.1, 0.15) is 0 Å². The minimum absolute atomic E-state index is 0.888. The van der Waals surface area contributed by atoms with E-state index in [2.05, 4.69) is 20.4 Å². The van der Waals surface area contributed by atoms with Crippen LogP contribution in [0.25, 0.3) is 21.8 Å². The van der Waals surface area contributed by atoms with E-state index >= 15 is 0 Å². The van der Waals surface area contributed by atoms with E-state index in [4.69, 9.17) is 0 Å². The van der Waals surface area contributed by atoms with Crippen molar-refractivity contribution in [3.05, 3.63) is 30.6 Å². The van der Waals surface area contributed by atoms with E-state index < -0.39 is 0 Å². The summed E-state index contributed by atoms with van der Waals surface area (Å²) in [5.74, 6) is 0. The molecule has 62 valence electrons. The number of hydrogen-bond donors (Lipinski definition) is 1. The zero-order valence-electron chi connectivity index (χ0n) is 6.73. The number of aromatic nitrogens is 4. The van der Waals surface area contributed by atoms with E-state index in [0.29, 0.717) is 0 Å². The third kappa shape index (κ3) is 0.823. The van der Waals surface area contributed by atoms with E-state index in [0.717, 1.165) is 21.8 Å². The second-order valence-corrected chi connectivity index (χ2v) is 2.86. The monoisotopic (exact) mass is 170 g/mol. The van der Waals surface area contributed by atoms with Gasteiger partial charge in [-0.2, -0.15) is 15.3 Å². The van der Waals surface area contributed by atoms with E-state index in [1.165, 1.54) is 0 Å². The van der Waals surface area contributed by atoms with Gasteiger partial charge >= 0.3 is 0 Å². The molecule has 2 heterocycles. The maximum Gasteiger partial charge on any atom is 0.0951 e. The zero-order valence-corrected chi connectivity index (χ0v) is 6.73. The van der Waals surface area contributed by atoms with Crippen molar-refractivity contribution < 1.29 is 0 Å². The molecule has 0 bridgehead atoms. The van der Waals surface area contributed by atoms with Gasteiger partial charge in [0.25, 0.3) is 0 Å². The van der Waals surface area contributed by atoms with Gasteiger partial charge in [-0.05, 0) is 18.2 Å². The van der Waals surface area contributed by atoms with Crippen LogP contribution < -0.4 is 0 Å². The Hall–Kier alpha value is -1.97. The quantitative estimate of drug-likeness (QED) is 0.556. The first-order valence-electron chi connectivity index (χ1n) is 3.98. The summed E-state index contributed by atoms with van der Waals surface area (Å²) in [7, 11) is 0. The SMILES string of the molecule is c1cc2c(ccc3cn[nH]c32)nn1. The van der Waals surface area contributed by atoms with Gasteiger partial charge in [0.15, 0.2) is 0 Å². The first-order chi connectivity index (χ1) is 6.45. The summed E-state index contributed by atoms with van der Waals surface area (Å²) in [6.07, 6.45) is 3.48. The van der Waals surface area contributed by atoms with Crippen LogP contribution in [0.4, 0.5) is 0 Å². The molecule has 0 amide bonds. The van der Waals surface area contributed by atoms with Gasteiger partial charge in [0, 0.05) is 10.8 Å². The van der Waals surface area contributed by atoms with Gasteiger partial charge in [-0.15, -0.1) is 0 Å². The van der Waals surface area contributed by atoms with Crippen LogP contribution in [-0.4, -0.2) is 20.4 Å². The van der Waals surface area contributed by atoms with Crippen molar-refractivity contribution in [1.82, 2.24) is 20.4 Å². The lowest BCUT2D eigenvalue weighted by Gasteiger charge is -1.95. The second-order valence-electron chi connectivity index (χ2n) is 2.86. The van der Waals surface area contributed by atoms with E-state index in [9.17, 15) is 0 Å². The summed E-state index contributed by atoms with van der Waals surface area (Å²) >= 11 is 0. The molecule has 4 nitrogen and oxygen atoms in total. The Labute approximate surface area is 73.6 Å². The lowest BCUT2D eigenvalue weighted by molar-refractivity contribution is 1.07. The van der Waals surface area contributed by atoms with E-state index in [1.54, 1.807) is 12.4 Å². The molecule has 2 aromatic heterocycles. The van der Waals surface area contributed by atoms with Crippen LogP contribution in [0.2, 0.25) is 0 Å². The number of rotatable bonds is 0. The van der Waals surface area contributed by atoms with E-state index in [1.807, 2.05) is 18.2 Å². The van der Waals surface area contributed by atoms with Crippen molar-refractivity contribution in [2.24, 2.45) is 0 Å². The summed E-state index contributed by atoms with van der Waals surface area (Å²) < 4.78 is 0. The first kappa shape index (κ1) is 6.54. The Morgan fingerprint density at radius 1 is 1.15 bits per heavy atom. The standard InChI is InChI=1S/C9H6N4/c1-2-8-7(3-4-10-12-8)9-6(1)5-11-13-9/h1-5H,(H,11,13). The molecular formula is C9H6N4.